The van der Waals surface area contributed by atoms with Gasteiger partial charge in [-0.3, -0.25) is 4.79 Å². The Bertz CT molecular complexity index is 1310. The maximum absolute atomic E-state index is 13.6. The van der Waals surface area contributed by atoms with Gasteiger partial charge >= 0.3 is 0 Å². The number of halogens is 1. The fourth-order valence-electron chi connectivity index (χ4n) is 4.28. The van der Waals surface area contributed by atoms with Crippen molar-refractivity contribution in [3.63, 3.8) is 0 Å². The van der Waals surface area contributed by atoms with Gasteiger partial charge in [-0.15, -0.1) is 0 Å². The number of para-hydroxylation sites is 2. The van der Waals surface area contributed by atoms with Crippen LogP contribution in [0.3, 0.4) is 0 Å². The Morgan fingerprint density at radius 1 is 1.00 bits per heavy atom. The maximum atomic E-state index is 13.6. The topological polar surface area (TPSA) is 77.7 Å². The molecule has 1 aliphatic heterocycles. The van der Waals surface area contributed by atoms with E-state index in [1.165, 1.54) is 12.1 Å². The predicted octanol–water partition coefficient (Wildman–Crippen LogP) is 5.35. The molecule has 7 nitrogen and oxygen atoms in total. The highest BCUT2D eigenvalue weighted by molar-refractivity contribution is 5.97. The number of carbonyl (C=O) groups excluding carboxylic acids is 1. The number of amides is 1. The zero-order valence-electron chi connectivity index (χ0n) is 19.7. The Kier molecular flexibility index (Phi) is 7.21. The van der Waals surface area contributed by atoms with Crippen LogP contribution in [0, 0.1) is 5.82 Å². The average molecular weight is 488 g/mol. The molecule has 1 amide bonds. The molecule has 0 saturated carbocycles. The summed E-state index contributed by atoms with van der Waals surface area (Å²) in [7, 11) is 0. The summed E-state index contributed by atoms with van der Waals surface area (Å²) >= 11 is 0. The highest BCUT2D eigenvalue weighted by Crippen LogP contribution is 2.30. The van der Waals surface area contributed by atoms with Crippen molar-refractivity contribution in [3.05, 3.63) is 96.1 Å². The molecule has 2 heterocycles. The van der Waals surface area contributed by atoms with E-state index in [0.29, 0.717) is 54.9 Å². The van der Waals surface area contributed by atoms with Crippen molar-refractivity contribution in [1.29, 1.82) is 0 Å². The van der Waals surface area contributed by atoms with Crippen LogP contribution in [0.2, 0.25) is 0 Å². The van der Waals surface area contributed by atoms with Gasteiger partial charge in [0.1, 0.15) is 30.5 Å². The van der Waals surface area contributed by atoms with Crippen LogP contribution in [0.25, 0.3) is 11.4 Å². The number of hydrogen-bond donors (Lipinski definition) is 0. The van der Waals surface area contributed by atoms with Gasteiger partial charge < -0.3 is 18.9 Å². The average Bonchev–Trinajstić information content (AvgIpc) is 3.42. The van der Waals surface area contributed by atoms with Gasteiger partial charge in [-0.25, -0.2) is 4.39 Å². The van der Waals surface area contributed by atoms with E-state index in [-0.39, 0.29) is 17.6 Å². The molecule has 184 valence electrons. The molecule has 1 saturated heterocycles. The third kappa shape index (κ3) is 5.54. The van der Waals surface area contributed by atoms with Gasteiger partial charge in [-0.05, 0) is 49.2 Å². The van der Waals surface area contributed by atoms with Crippen LogP contribution in [-0.2, 0) is 0 Å². The van der Waals surface area contributed by atoms with E-state index in [1.807, 2.05) is 42.5 Å². The normalized spacial score (nSPS) is 15.5. The molecule has 8 heteroatoms. The smallest absolute Gasteiger partial charge is 0.257 e. The lowest BCUT2D eigenvalue weighted by molar-refractivity contribution is 0.0690. The predicted molar refractivity (Wildman–Crippen MR) is 131 cm³/mol. The van der Waals surface area contributed by atoms with E-state index in [0.717, 1.165) is 18.6 Å². The van der Waals surface area contributed by atoms with Crippen LogP contribution in [0.15, 0.2) is 83.4 Å². The van der Waals surface area contributed by atoms with Crippen LogP contribution < -0.4 is 9.47 Å². The lowest BCUT2D eigenvalue weighted by atomic mass is 9.97. The molecule has 1 fully saturated rings. The minimum absolute atomic E-state index is 0.0927. The number of ether oxygens (including phenoxy) is 2. The van der Waals surface area contributed by atoms with E-state index < -0.39 is 0 Å². The molecule has 0 spiro atoms. The first kappa shape index (κ1) is 23.5. The summed E-state index contributed by atoms with van der Waals surface area (Å²) in [4.78, 5) is 19.7. The minimum Gasteiger partial charge on any atom is -0.490 e. The van der Waals surface area contributed by atoms with Gasteiger partial charge in [-0.1, -0.05) is 47.6 Å². The van der Waals surface area contributed by atoms with Gasteiger partial charge in [-0.2, -0.15) is 4.98 Å². The van der Waals surface area contributed by atoms with Crippen LogP contribution in [0.4, 0.5) is 4.39 Å². The Balaban J connectivity index is 1.22. The fraction of sp³-hybridized carbons (Fsp3) is 0.250. The number of likely N-dealkylation sites (tertiary alicyclic amines) is 1. The fourth-order valence-corrected chi connectivity index (χ4v) is 4.28. The van der Waals surface area contributed by atoms with Gasteiger partial charge in [0.05, 0.1) is 11.5 Å². The van der Waals surface area contributed by atoms with Crippen molar-refractivity contribution < 1.29 is 23.2 Å². The largest absolute Gasteiger partial charge is 0.490 e. The molecule has 4 aromatic rings. The highest BCUT2D eigenvalue weighted by Gasteiger charge is 2.30. The SMILES string of the molecule is O=C(c1ccccc1OCCOc1ccccc1)N1CCCC(c2nc(-c3cccc(F)c3)no2)C1. The second-order valence-corrected chi connectivity index (χ2v) is 8.56. The van der Waals surface area contributed by atoms with Crippen LogP contribution in [0.5, 0.6) is 11.5 Å². The van der Waals surface area contributed by atoms with E-state index in [2.05, 4.69) is 10.1 Å². The molecule has 0 N–H and O–H groups in total. The van der Waals surface area contributed by atoms with E-state index in [4.69, 9.17) is 14.0 Å². The molecular weight excluding hydrogens is 461 g/mol. The summed E-state index contributed by atoms with van der Waals surface area (Å²) in [6.45, 7) is 1.76. The molecule has 1 unspecified atom stereocenters. The van der Waals surface area contributed by atoms with Gasteiger partial charge in [0.15, 0.2) is 0 Å². The van der Waals surface area contributed by atoms with Gasteiger partial charge in [0, 0.05) is 18.7 Å². The summed E-state index contributed by atoms with van der Waals surface area (Å²) in [5, 5.41) is 4.02. The van der Waals surface area contributed by atoms with Crippen LogP contribution in [-0.4, -0.2) is 47.3 Å². The Hall–Kier alpha value is -4.20. The molecule has 1 atom stereocenters. The first-order chi connectivity index (χ1) is 17.7. The summed E-state index contributed by atoms with van der Waals surface area (Å²) in [5.41, 5.74) is 1.06. The second kappa shape index (κ2) is 11.0. The number of aromatic nitrogens is 2. The van der Waals surface area contributed by atoms with Crippen LogP contribution in [0.1, 0.15) is 35.0 Å². The molecule has 3 aromatic carbocycles. The molecule has 0 aliphatic carbocycles. The molecule has 1 aliphatic rings. The number of nitrogens with zero attached hydrogens (tertiary/aromatic N) is 3. The number of hydrogen-bond acceptors (Lipinski definition) is 6. The van der Waals surface area contributed by atoms with Gasteiger partial charge in [0.25, 0.3) is 5.91 Å². The Morgan fingerprint density at radius 2 is 1.81 bits per heavy atom. The number of carbonyl (C=O) groups is 1. The summed E-state index contributed by atoms with van der Waals surface area (Å²) < 4.78 is 30.7. The van der Waals surface area contributed by atoms with Crippen LogP contribution >= 0.6 is 0 Å². The summed E-state index contributed by atoms with van der Waals surface area (Å²) in [6, 6.07) is 22.8. The minimum atomic E-state index is -0.360. The number of rotatable bonds is 8. The molecule has 36 heavy (non-hydrogen) atoms. The van der Waals surface area contributed by atoms with E-state index in [1.54, 1.807) is 29.2 Å². The van der Waals surface area contributed by atoms with Crippen molar-refractivity contribution >= 4 is 5.91 Å². The Morgan fingerprint density at radius 3 is 2.67 bits per heavy atom. The second-order valence-electron chi connectivity index (χ2n) is 8.56. The zero-order valence-corrected chi connectivity index (χ0v) is 19.7. The van der Waals surface area contributed by atoms with E-state index in [9.17, 15) is 9.18 Å². The number of benzene rings is 3. The highest BCUT2D eigenvalue weighted by atomic mass is 19.1. The van der Waals surface area contributed by atoms with E-state index >= 15 is 0 Å². The molecule has 1 aromatic heterocycles. The lowest BCUT2D eigenvalue weighted by Gasteiger charge is -2.31. The summed E-state index contributed by atoms with van der Waals surface area (Å²) in [6.07, 6.45) is 1.63. The van der Waals surface area contributed by atoms with Crippen molar-refractivity contribution in [2.45, 2.75) is 18.8 Å². The van der Waals surface area contributed by atoms with Crippen molar-refractivity contribution in [2.75, 3.05) is 26.3 Å². The van der Waals surface area contributed by atoms with Crippen molar-refractivity contribution in [1.82, 2.24) is 15.0 Å². The van der Waals surface area contributed by atoms with Crippen molar-refractivity contribution in [2.24, 2.45) is 0 Å². The number of piperidine rings is 1. The first-order valence-corrected chi connectivity index (χ1v) is 12.0. The zero-order chi connectivity index (χ0) is 24.7. The third-order valence-corrected chi connectivity index (χ3v) is 6.05. The Labute approximate surface area is 208 Å². The quantitative estimate of drug-likeness (QED) is 0.312. The third-order valence-electron chi connectivity index (χ3n) is 6.05. The molecule has 5 rings (SSSR count). The molecular formula is C28H26FN3O4. The monoisotopic (exact) mass is 487 g/mol. The lowest BCUT2D eigenvalue weighted by Crippen LogP contribution is -2.39. The molecule has 0 radical (unpaired) electrons. The maximum Gasteiger partial charge on any atom is 0.257 e. The summed E-state index contributed by atoms with van der Waals surface area (Å²) in [5.74, 6) is 1.52. The molecule has 0 bridgehead atoms. The standard InChI is InChI=1S/C28H26FN3O4/c29-22-10-6-8-20(18-22)26-30-27(36-31-26)21-9-7-15-32(19-21)28(33)24-13-4-5-14-25(24)35-17-16-34-23-11-2-1-3-12-23/h1-6,8,10-14,18,21H,7,9,15-17,19H2. The first-order valence-electron chi connectivity index (χ1n) is 12.0. The van der Waals surface area contributed by atoms with Crippen molar-refractivity contribution in [3.8, 4) is 22.9 Å². The van der Waals surface area contributed by atoms with Gasteiger partial charge in [0.2, 0.25) is 11.7 Å².